The highest BCUT2D eigenvalue weighted by molar-refractivity contribution is 5.92. The number of rotatable bonds is 6. The van der Waals surface area contributed by atoms with Gasteiger partial charge >= 0.3 is 0 Å². The van der Waals surface area contributed by atoms with Crippen LogP contribution in [0.1, 0.15) is 46.6 Å². The first-order valence-electron chi connectivity index (χ1n) is 9.92. The first-order valence-corrected chi connectivity index (χ1v) is 9.92. The Morgan fingerprint density at radius 1 is 1.24 bits per heavy atom. The highest BCUT2D eigenvalue weighted by Crippen LogP contribution is 2.43. The molecule has 1 saturated carbocycles. The molecule has 0 atom stereocenters. The maximum atomic E-state index is 12.8. The van der Waals surface area contributed by atoms with Gasteiger partial charge in [-0.3, -0.25) is 4.79 Å². The van der Waals surface area contributed by atoms with Gasteiger partial charge < -0.3 is 14.6 Å². The Morgan fingerprint density at radius 2 is 2.07 bits per heavy atom. The molecule has 1 aromatic carbocycles. The number of hydrogen-bond acceptors (Lipinski definition) is 4. The van der Waals surface area contributed by atoms with Crippen molar-refractivity contribution < 1.29 is 9.53 Å². The lowest BCUT2D eigenvalue weighted by atomic mass is 9.64. The Labute approximate surface area is 171 Å². The van der Waals surface area contributed by atoms with Crippen LogP contribution in [-0.2, 0) is 5.41 Å². The minimum absolute atomic E-state index is 0.0278. The predicted octanol–water partition coefficient (Wildman–Crippen LogP) is 3.74. The summed E-state index contributed by atoms with van der Waals surface area (Å²) in [6.45, 7) is 4.64. The second-order valence-electron chi connectivity index (χ2n) is 7.83. The van der Waals surface area contributed by atoms with E-state index in [9.17, 15) is 4.79 Å². The first-order chi connectivity index (χ1) is 14.0. The molecule has 29 heavy (non-hydrogen) atoms. The molecule has 0 radical (unpaired) electrons. The maximum Gasteiger partial charge on any atom is 0.270 e. The van der Waals surface area contributed by atoms with Crippen LogP contribution in [0.5, 0.6) is 5.88 Å². The Balaban J connectivity index is 1.51. The summed E-state index contributed by atoms with van der Waals surface area (Å²) in [6.07, 6.45) is 6.96. The minimum atomic E-state index is -0.185. The zero-order valence-electron chi connectivity index (χ0n) is 17.1. The number of nitrogens with one attached hydrogen (secondary N) is 1. The van der Waals surface area contributed by atoms with Gasteiger partial charge in [0.15, 0.2) is 0 Å². The molecule has 2 heterocycles. The van der Waals surface area contributed by atoms with Crippen molar-refractivity contribution in [3.63, 3.8) is 0 Å². The van der Waals surface area contributed by atoms with Gasteiger partial charge in [-0.2, -0.15) is 0 Å². The fraction of sp³-hybridized carbons (Fsp3) is 0.348. The van der Waals surface area contributed by atoms with E-state index in [0.29, 0.717) is 18.1 Å². The van der Waals surface area contributed by atoms with Crippen LogP contribution in [0.4, 0.5) is 0 Å². The maximum absolute atomic E-state index is 12.8. The molecule has 1 N–H and O–H groups in total. The second-order valence-corrected chi connectivity index (χ2v) is 7.83. The molecule has 0 unspecified atom stereocenters. The number of carbonyl (C=O) groups is 1. The van der Waals surface area contributed by atoms with E-state index in [1.165, 1.54) is 17.5 Å². The lowest BCUT2D eigenvalue weighted by Crippen LogP contribution is -2.45. The summed E-state index contributed by atoms with van der Waals surface area (Å²) in [4.78, 5) is 21.5. The number of benzene rings is 1. The summed E-state index contributed by atoms with van der Waals surface area (Å²) in [5.74, 6) is 0.211. The van der Waals surface area contributed by atoms with Crippen molar-refractivity contribution in [1.82, 2.24) is 19.9 Å². The molecule has 1 aliphatic rings. The molecule has 0 saturated heterocycles. The van der Waals surface area contributed by atoms with E-state index in [0.717, 1.165) is 24.2 Å². The van der Waals surface area contributed by atoms with E-state index in [1.54, 1.807) is 19.5 Å². The number of ether oxygens (including phenoxy) is 1. The second kappa shape index (κ2) is 7.70. The van der Waals surface area contributed by atoms with Crippen LogP contribution in [0.2, 0.25) is 0 Å². The number of amides is 1. The van der Waals surface area contributed by atoms with Gasteiger partial charge in [0.05, 0.1) is 19.1 Å². The largest absolute Gasteiger partial charge is 0.479 e. The molecule has 1 fully saturated rings. The van der Waals surface area contributed by atoms with Crippen LogP contribution in [-0.4, -0.2) is 34.1 Å². The normalized spacial score (nSPS) is 14.9. The van der Waals surface area contributed by atoms with Gasteiger partial charge in [0, 0.05) is 18.2 Å². The Kier molecular flexibility index (Phi) is 5.09. The van der Waals surface area contributed by atoms with Crippen molar-refractivity contribution in [1.29, 1.82) is 0 Å². The zero-order valence-corrected chi connectivity index (χ0v) is 17.1. The number of imidazole rings is 1. The summed E-state index contributed by atoms with van der Waals surface area (Å²) >= 11 is 0. The number of aryl methyl sites for hydroxylation is 2. The number of nitrogens with zero attached hydrogens (tertiary/aromatic N) is 3. The van der Waals surface area contributed by atoms with E-state index < -0.39 is 0 Å². The highest BCUT2D eigenvalue weighted by Gasteiger charge is 2.39. The number of hydrogen-bond donors (Lipinski definition) is 1. The highest BCUT2D eigenvalue weighted by atomic mass is 16.5. The smallest absolute Gasteiger partial charge is 0.270 e. The van der Waals surface area contributed by atoms with Crippen LogP contribution in [0, 0.1) is 13.8 Å². The van der Waals surface area contributed by atoms with E-state index in [4.69, 9.17) is 4.74 Å². The SMILES string of the molecule is COc1nc(C(=O)NCC2(c3cccc(C)c3)CCC2)ccc1-n1cnc(C)c1. The minimum Gasteiger partial charge on any atom is -0.479 e. The number of pyridine rings is 1. The van der Waals surface area contributed by atoms with Gasteiger partial charge in [-0.1, -0.05) is 36.2 Å². The lowest BCUT2D eigenvalue weighted by molar-refractivity contribution is 0.0922. The summed E-state index contributed by atoms with van der Waals surface area (Å²) in [5.41, 5.74) is 4.58. The Morgan fingerprint density at radius 3 is 2.69 bits per heavy atom. The summed E-state index contributed by atoms with van der Waals surface area (Å²) in [6, 6.07) is 12.2. The first kappa shape index (κ1) is 19.2. The molecule has 1 amide bonds. The van der Waals surface area contributed by atoms with Gasteiger partial charge in [0.25, 0.3) is 5.91 Å². The van der Waals surface area contributed by atoms with Crippen molar-refractivity contribution in [2.45, 2.75) is 38.5 Å². The third-order valence-electron chi connectivity index (χ3n) is 5.78. The van der Waals surface area contributed by atoms with Crippen molar-refractivity contribution in [2.75, 3.05) is 13.7 Å². The number of aromatic nitrogens is 3. The molecule has 1 aliphatic carbocycles. The monoisotopic (exact) mass is 390 g/mol. The molecule has 4 rings (SSSR count). The summed E-state index contributed by atoms with van der Waals surface area (Å²) < 4.78 is 7.26. The van der Waals surface area contributed by atoms with E-state index >= 15 is 0 Å². The van der Waals surface area contributed by atoms with Crippen molar-refractivity contribution in [2.24, 2.45) is 0 Å². The van der Waals surface area contributed by atoms with Gasteiger partial charge in [0.1, 0.15) is 11.4 Å². The van der Waals surface area contributed by atoms with Crippen molar-refractivity contribution in [3.05, 3.63) is 71.4 Å². The topological polar surface area (TPSA) is 69.0 Å². The molecule has 3 aromatic rings. The lowest BCUT2D eigenvalue weighted by Gasteiger charge is -2.42. The molecule has 0 aliphatic heterocycles. The van der Waals surface area contributed by atoms with E-state index in [-0.39, 0.29) is 11.3 Å². The molecule has 0 spiro atoms. The summed E-state index contributed by atoms with van der Waals surface area (Å²) in [5, 5.41) is 3.10. The van der Waals surface area contributed by atoms with Crippen LogP contribution >= 0.6 is 0 Å². The molecular weight excluding hydrogens is 364 g/mol. The molecule has 0 bridgehead atoms. The average molecular weight is 390 g/mol. The van der Waals surface area contributed by atoms with Gasteiger partial charge in [-0.05, 0) is 44.4 Å². The van der Waals surface area contributed by atoms with Crippen LogP contribution in [0.3, 0.4) is 0 Å². The van der Waals surface area contributed by atoms with Crippen molar-refractivity contribution >= 4 is 5.91 Å². The molecule has 2 aromatic heterocycles. The van der Waals surface area contributed by atoms with Crippen LogP contribution < -0.4 is 10.1 Å². The third kappa shape index (κ3) is 3.75. The Hall–Kier alpha value is -3.15. The number of carbonyl (C=O) groups excluding carboxylic acids is 1. The zero-order chi connectivity index (χ0) is 20.4. The fourth-order valence-corrected chi connectivity index (χ4v) is 3.95. The molecular formula is C23H26N4O2. The van der Waals surface area contributed by atoms with Gasteiger partial charge in [0.2, 0.25) is 5.88 Å². The van der Waals surface area contributed by atoms with Crippen LogP contribution in [0.15, 0.2) is 48.9 Å². The average Bonchev–Trinajstić information content (AvgIpc) is 3.12. The molecule has 6 nitrogen and oxygen atoms in total. The molecule has 6 heteroatoms. The fourth-order valence-electron chi connectivity index (χ4n) is 3.95. The predicted molar refractivity (Wildman–Crippen MR) is 112 cm³/mol. The Bertz CT molecular complexity index is 1040. The van der Waals surface area contributed by atoms with Gasteiger partial charge in [-0.15, -0.1) is 0 Å². The van der Waals surface area contributed by atoms with E-state index in [2.05, 4.69) is 46.5 Å². The van der Waals surface area contributed by atoms with Crippen LogP contribution in [0.25, 0.3) is 5.69 Å². The molecule has 150 valence electrons. The standard InChI is InChI=1S/C23H26N4O2/c1-16-6-4-7-18(12-16)23(10-5-11-23)14-24-21(28)19-8-9-20(22(26-19)29-3)27-13-17(2)25-15-27/h4,6-9,12-13,15H,5,10-11,14H2,1-3H3,(H,24,28). The summed E-state index contributed by atoms with van der Waals surface area (Å²) in [7, 11) is 1.55. The quantitative estimate of drug-likeness (QED) is 0.696. The van der Waals surface area contributed by atoms with Crippen molar-refractivity contribution in [3.8, 4) is 11.6 Å². The number of methoxy groups -OCH3 is 1. The van der Waals surface area contributed by atoms with Gasteiger partial charge in [-0.25, -0.2) is 9.97 Å². The van der Waals surface area contributed by atoms with E-state index in [1.807, 2.05) is 23.8 Å². The third-order valence-corrected chi connectivity index (χ3v) is 5.78.